The Balaban J connectivity index is 1.47. The summed E-state index contributed by atoms with van der Waals surface area (Å²) in [7, 11) is -4.22. The van der Waals surface area contributed by atoms with Crippen LogP contribution in [-0.2, 0) is 16.2 Å². The van der Waals surface area contributed by atoms with Crippen LogP contribution in [0.5, 0.6) is 0 Å². The van der Waals surface area contributed by atoms with Crippen LogP contribution in [0.15, 0.2) is 71.9 Å². The smallest absolute Gasteiger partial charge is 0.337 e. The zero-order valence-electron chi connectivity index (χ0n) is 17.7. The molecule has 0 saturated carbocycles. The normalized spacial score (nSPS) is 14.7. The molecule has 1 aliphatic rings. The molecule has 1 saturated heterocycles. The summed E-state index contributed by atoms with van der Waals surface area (Å²) < 4.78 is 66.5. The van der Waals surface area contributed by atoms with E-state index in [2.05, 4.69) is 14.7 Å². The summed E-state index contributed by atoms with van der Waals surface area (Å²) in [5, 5.41) is 0. The van der Waals surface area contributed by atoms with Gasteiger partial charge in [-0.05, 0) is 42.5 Å². The Labute approximate surface area is 194 Å². The molecular weight excluding hydrogens is 471 g/mol. The molecule has 1 N–H and O–H groups in total. The first kappa shape index (κ1) is 23.5. The Morgan fingerprint density at radius 1 is 0.912 bits per heavy atom. The lowest BCUT2D eigenvalue weighted by Gasteiger charge is -2.34. The maximum Gasteiger partial charge on any atom is 0.416 e. The molecule has 0 bridgehead atoms. The van der Waals surface area contributed by atoms with E-state index in [9.17, 15) is 26.4 Å². The highest BCUT2D eigenvalue weighted by molar-refractivity contribution is 7.92. The van der Waals surface area contributed by atoms with Gasteiger partial charge in [0.15, 0.2) is 0 Å². The molecule has 8 nitrogen and oxygen atoms in total. The van der Waals surface area contributed by atoms with Crippen molar-refractivity contribution in [1.29, 1.82) is 0 Å². The average molecular weight is 491 g/mol. The van der Waals surface area contributed by atoms with Gasteiger partial charge in [0.25, 0.3) is 15.9 Å². The Bertz CT molecular complexity index is 1280. The van der Waals surface area contributed by atoms with Crippen molar-refractivity contribution in [2.45, 2.75) is 11.1 Å². The molecule has 12 heteroatoms. The molecule has 0 atom stereocenters. The number of carbonyl (C=O) groups excluding carboxylic acids is 1. The van der Waals surface area contributed by atoms with Gasteiger partial charge in [0.05, 0.1) is 10.5 Å². The zero-order valence-corrected chi connectivity index (χ0v) is 18.6. The molecule has 2 aromatic carbocycles. The monoisotopic (exact) mass is 491 g/mol. The molecule has 0 spiro atoms. The lowest BCUT2D eigenvalue weighted by molar-refractivity contribution is -0.137. The van der Waals surface area contributed by atoms with Crippen LogP contribution in [0.1, 0.15) is 15.9 Å². The fourth-order valence-electron chi connectivity index (χ4n) is 3.52. The standard InChI is InChI=1S/C22H20F3N5O3S/c23-22(24,25)17-5-2-6-18(15-17)28-34(32,33)19-7-1-4-16(14-19)20(31)29-10-12-30(13-11-29)21-26-8-3-9-27-21/h1-9,14-15,28H,10-13H2. The summed E-state index contributed by atoms with van der Waals surface area (Å²) >= 11 is 0. The first-order valence-electron chi connectivity index (χ1n) is 10.2. The van der Waals surface area contributed by atoms with Crippen molar-refractivity contribution in [2.24, 2.45) is 0 Å². The molecule has 4 rings (SSSR count). The Morgan fingerprint density at radius 3 is 2.26 bits per heavy atom. The third-order valence-electron chi connectivity index (χ3n) is 5.24. The lowest BCUT2D eigenvalue weighted by atomic mass is 10.2. The van der Waals surface area contributed by atoms with Crippen LogP contribution in [0.25, 0.3) is 0 Å². The van der Waals surface area contributed by atoms with Crippen molar-refractivity contribution >= 4 is 27.6 Å². The lowest BCUT2D eigenvalue weighted by Crippen LogP contribution is -2.49. The van der Waals surface area contributed by atoms with E-state index >= 15 is 0 Å². The Morgan fingerprint density at radius 2 is 1.59 bits per heavy atom. The fourth-order valence-corrected chi connectivity index (χ4v) is 4.61. The second-order valence-corrected chi connectivity index (χ2v) is 9.22. The molecule has 2 heterocycles. The van der Waals surface area contributed by atoms with Crippen molar-refractivity contribution in [3.05, 3.63) is 78.1 Å². The van der Waals surface area contributed by atoms with Gasteiger partial charge >= 0.3 is 6.18 Å². The number of alkyl halides is 3. The minimum Gasteiger partial charge on any atom is -0.337 e. The van der Waals surface area contributed by atoms with Gasteiger partial charge in [0.2, 0.25) is 5.95 Å². The Hall–Kier alpha value is -3.67. The second kappa shape index (κ2) is 9.29. The van der Waals surface area contributed by atoms with Gasteiger partial charge in [0.1, 0.15) is 0 Å². The van der Waals surface area contributed by atoms with Crippen LogP contribution in [0, 0.1) is 0 Å². The highest BCUT2D eigenvalue weighted by atomic mass is 32.2. The molecule has 0 unspecified atom stereocenters. The summed E-state index contributed by atoms with van der Waals surface area (Å²) in [5.41, 5.74) is -1.04. The van der Waals surface area contributed by atoms with Crippen LogP contribution in [0.3, 0.4) is 0 Å². The molecule has 0 aliphatic carbocycles. The van der Waals surface area contributed by atoms with Gasteiger partial charge in [0, 0.05) is 49.8 Å². The average Bonchev–Trinajstić information content (AvgIpc) is 2.84. The highest BCUT2D eigenvalue weighted by Crippen LogP contribution is 2.31. The number of piperazine rings is 1. The number of hydrogen-bond donors (Lipinski definition) is 1. The number of sulfonamides is 1. The minimum atomic E-state index is -4.61. The van der Waals surface area contributed by atoms with Crippen molar-refractivity contribution in [3.8, 4) is 0 Å². The third kappa shape index (κ3) is 5.28. The van der Waals surface area contributed by atoms with Crippen LogP contribution >= 0.6 is 0 Å². The molecule has 3 aromatic rings. The number of nitrogens with one attached hydrogen (secondary N) is 1. The van der Waals surface area contributed by atoms with E-state index in [0.29, 0.717) is 38.2 Å². The number of carbonyl (C=O) groups is 1. The van der Waals surface area contributed by atoms with Gasteiger partial charge in [-0.15, -0.1) is 0 Å². The summed E-state index contributed by atoms with van der Waals surface area (Å²) in [4.78, 5) is 24.7. The summed E-state index contributed by atoms with van der Waals surface area (Å²) in [6.07, 6.45) is -1.33. The summed E-state index contributed by atoms with van der Waals surface area (Å²) in [5.74, 6) is 0.230. The van der Waals surface area contributed by atoms with Crippen molar-refractivity contribution in [1.82, 2.24) is 14.9 Å². The predicted octanol–water partition coefficient (Wildman–Crippen LogP) is 3.26. The topological polar surface area (TPSA) is 95.5 Å². The molecule has 0 radical (unpaired) electrons. The number of nitrogens with zero attached hydrogens (tertiary/aromatic N) is 4. The largest absolute Gasteiger partial charge is 0.416 e. The highest BCUT2D eigenvalue weighted by Gasteiger charge is 2.31. The summed E-state index contributed by atoms with van der Waals surface area (Å²) in [6, 6.07) is 11.0. The molecule has 34 heavy (non-hydrogen) atoms. The summed E-state index contributed by atoms with van der Waals surface area (Å²) in [6.45, 7) is 1.84. The number of benzene rings is 2. The zero-order chi connectivity index (χ0) is 24.3. The molecule has 1 amide bonds. The van der Waals surface area contributed by atoms with Gasteiger partial charge in [-0.25, -0.2) is 18.4 Å². The third-order valence-corrected chi connectivity index (χ3v) is 6.61. The molecular formula is C22H20F3N5O3S. The van der Waals surface area contributed by atoms with E-state index < -0.39 is 21.8 Å². The quantitative estimate of drug-likeness (QED) is 0.589. The van der Waals surface area contributed by atoms with Gasteiger partial charge in [-0.2, -0.15) is 13.2 Å². The van der Waals surface area contributed by atoms with E-state index in [0.717, 1.165) is 12.1 Å². The maximum atomic E-state index is 13.0. The van der Waals surface area contributed by atoms with Gasteiger partial charge < -0.3 is 9.80 Å². The van der Waals surface area contributed by atoms with Gasteiger partial charge in [-0.3, -0.25) is 9.52 Å². The molecule has 1 fully saturated rings. The van der Waals surface area contributed by atoms with E-state index in [1.807, 2.05) is 4.90 Å². The maximum absolute atomic E-state index is 13.0. The first-order chi connectivity index (χ1) is 16.1. The second-order valence-electron chi connectivity index (χ2n) is 7.54. The van der Waals surface area contributed by atoms with Crippen LogP contribution < -0.4 is 9.62 Å². The number of hydrogen-bond acceptors (Lipinski definition) is 6. The van der Waals surface area contributed by atoms with Gasteiger partial charge in [-0.1, -0.05) is 12.1 Å². The van der Waals surface area contributed by atoms with Crippen LogP contribution in [-0.4, -0.2) is 55.4 Å². The van der Waals surface area contributed by atoms with E-state index in [-0.39, 0.29) is 22.1 Å². The number of rotatable bonds is 5. The van der Waals surface area contributed by atoms with Crippen molar-refractivity contribution in [3.63, 3.8) is 0 Å². The number of anilines is 2. The SMILES string of the molecule is O=C(c1cccc(S(=O)(=O)Nc2cccc(C(F)(F)F)c2)c1)N1CCN(c2ncccn2)CC1. The van der Waals surface area contributed by atoms with Crippen LogP contribution in [0.2, 0.25) is 0 Å². The predicted molar refractivity (Wildman–Crippen MR) is 119 cm³/mol. The first-order valence-corrected chi connectivity index (χ1v) is 11.7. The van der Waals surface area contributed by atoms with E-state index in [1.165, 1.54) is 30.3 Å². The Kier molecular flexibility index (Phi) is 6.42. The number of amides is 1. The van der Waals surface area contributed by atoms with Crippen LogP contribution in [0.4, 0.5) is 24.8 Å². The molecule has 178 valence electrons. The number of halogens is 3. The van der Waals surface area contributed by atoms with E-state index in [4.69, 9.17) is 0 Å². The fraction of sp³-hybridized carbons (Fsp3) is 0.227. The molecule has 1 aromatic heterocycles. The minimum absolute atomic E-state index is 0.163. The number of aromatic nitrogens is 2. The van der Waals surface area contributed by atoms with Crippen molar-refractivity contribution in [2.75, 3.05) is 35.8 Å². The molecule has 1 aliphatic heterocycles. The van der Waals surface area contributed by atoms with Crippen molar-refractivity contribution < 1.29 is 26.4 Å². The van der Waals surface area contributed by atoms with E-state index in [1.54, 1.807) is 23.4 Å².